The van der Waals surface area contributed by atoms with Gasteiger partial charge in [0.25, 0.3) is 0 Å². The average Bonchev–Trinajstić information content (AvgIpc) is 2.84. The fourth-order valence-electron chi connectivity index (χ4n) is 9.86. The number of rotatable bonds is 40. The van der Waals surface area contributed by atoms with Crippen molar-refractivity contribution >= 4 is 82.5 Å². The number of amides is 8. The van der Waals surface area contributed by atoms with Gasteiger partial charge in [-0.3, -0.25) is 67.8 Å². The molecule has 2 saturated heterocycles. The number of thioether (sulfide) groups is 1. The van der Waals surface area contributed by atoms with Gasteiger partial charge < -0.3 is 78.3 Å². The summed E-state index contributed by atoms with van der Waals surface area (Å²) >= 11 is 0.903. The van der Waals surface area contributed by atoms with E-state index in [-0.39, 0.29) is 63.4 Å². The summed E-state index contributed by atoms with van der Waals surface area (Å²) in [5, 5.41) is 79.1. The summed E-state index contributed by atoms with van der Waals surface area (Å²) in [6, 6.07) is 8.85. The molecule has 0 aromatic heterocycles. The van der Waals surface area contributed by atoms with Crippen LogP contribution in [0.25, 0.3) is 0 Å². The van der Waals surface area contributed by atoms with Gasteiger partial charge in [0.05, 0.1) is 24.3 Å². The van der Waals surface area contributed by atoms with Crippen LogP contribution >= 0.6 is 11.8 Å². The Morgan fingerprint density at radius 1 is 0.674 bits per heavy atom. The number of aliphatic carboxylic acids is 2. The molecule has 13 atom stereocenters. The molecule has 9 unspecified atom stereocenters. The highest BCUT2D eigenvalue weighted by atomic mass is 32.2. The van der Waals surface area contributed by atoms with Gasteiger partial charge in [-0.15, -0.1) is 11.8 Å². The van der Waals surface area contributed by atoms with E-state index >= 15 is 0 Å². The SMILES string of the molecule is CC(=O)NC(CSC1CC(=O)N(CCCCN[C@H]2C(O)O[C@H](CO)[C@@H](O)[C@@H]2O)C1=O)C(=O)NC(Cc1ccccc1)C(=O)NC(NC(NC(=O)C(CC(=O)O)NC(=O)C(CCC(=O)O)NC(=O)C(C)CC(C)C)C(=O)CCCCN)C(=O)Cc1ccccc1. The second-order valence-corrected chi connectivity index (χ2v) is 23.6. The van der Waals surface area contributed by atoms with Crippen molar-refractivity contribution < 1.29 is 92.9 Å². The van der Waals surface area contributed by atoms with E-state index in [4.69, 9.17) is 10.5 Å². The first-order valence-electron chi connectivity index (χ1n) is 29.5. The summed E-state index contributed by atoms with van der Waals surface area (Å²) in [7, 11) is 0. The Balaban J connectivity index is 1.59. The molecule has 0 aliphatic carbocycles. The van der Waals surface area contributed by atoms with Crippen molar-refractivity contribution in [2.24, 2.45) is 17.6 Å². The van der Waals surface area contributed by atoms with Gasteiger partial charge in [0.1, 0.15) is 54.8 Å². The van der Waals surface area contributed by atoms with Crippen LogP contribution in [0.1, 0.15) is 103 Å². The zero-order valence-corrected chi connectivity index (χ0v) is 51.1. The zero-order chi connectivity index (χ0) is 65.9. The van der Waals surface area contributed by atoms with Gasteiger partial charge in [-0.1, -0.05) is 81.4 Å². The molecule has 0 radical (unpaired) electrons. The second-order valence-electron chi connectivity index (χ2n) is 22.4. The van der Waals surface area contributed by atoms with Crippen LogP contribution in [0.2, 0.25) is 0 Å². The number of nitrogens with two attached hydrogens (primary N) is 1. The van der Waals surface area contributed by atoms with Gasteiger partial charge in [-0.2, -0.15) is 0 Å². The van der Waals surface area contributed by atoms with Crippen LogP contribution in [0.15, 0.2) is 60.7 Å². The lowest BCUT2D eigenvalue weighted by molar-refractivity contribution is -0.254. The summed E-state index contributed by atoms with van der Waals surface area (Å²) in [6.07, 6.45) is -11.3. The highest BCUT2D eigenvalue weighted by Crippen LogP contribution is 2.27. The van der Waals surface area contributed by atoms with Crippen molar-refractivity contribution in [1.82, 2.24) is 47.4 Å². The fourth-order valence-corrected chi connectivity index (χ4v) is 11.1. The van der Waals surface area contributed by atoms with E-state index in [1.807, 2.05) is 13.8 Å². The normalized spacial score (nSPS) is 20.6. The maximum Gasteiger partial charge on any atom is 0.305 e. The first-order chi connectivity index (χ1) is 42.2. The van der Waals surface area contributed by atoms with Gasteiger partial charge in [-0.05, 0) is 68.7 Å². The summed E-state index contributed by atoms with van der Waals surface area (Å²) < 4.78 is 5.16. The number of carbonyl (C=O) groups excluding carboxylic acids is 10. The minimum absolute atomic E-state index is 0.00914. The topological polar surface area (TPSA) is 461 Å². The molecule has 2 aliphatic rings. The number of aliphatic hydroxyl groups excluding tert-OH is 4. The molecular weight excluding hydrogens is 1180 g/mol. The molecule has 0 saturated carbocycles. The van der Waals surface area contributed by atoms with Crippen LogP contribution in [0.4, 0.5) is 0 Å². The summed E-state index contributed by atoms with van der Waals surface area (Å²) in [5.41, 5.74) is 6.65. The van der Waals surface area contributed by atoms with Crippen LogP contribution in [-0.2, 0) is 75.1 Å². The molecule has 2 aromatic rings. The number of ketones is 2. The molecule has 8 amide bonds. The van der Waals surface area contributed by atoms with Crippen LogP contribution in [-0.4, -0.2) is 211 Å². The van der Waals surface area contributed by atoms with Gasteiger partial charge >= 0.3 is 11.9 Å². The van der Waals surface area contributed by atoms with Gasteiger partial charge in [0, 0.05) is 57.2 Å². The van der Waals surface area contributed by atoms with Gasteiger partial charge in [0.15, 0.2) is 17.9 Å². The number of hydrogen-bond donors (Lipinski definition) is 15. The number of hydrogen-bond acceptors (Lipinski definition) is 21. The van der Waals surface area contributed by atoms with Crippen LogP contribution in [0.3, 0.4) is 0 Å². The number of imide groups is 1. The molecule has 2 heterocycles. The van der Waals surface area contributed by atoms with Crippen molar-refractivity contribution in [3.05, 3.63) is 71.8 Å². The number of carboxylic acid groups (broad SMARTS) is 2. The molecule has 2 aromatic carbocycles. The van der Waals surface area contributed by atoms with E-state index in [1.54, 1.807) is 67.6 Å². The smallest absolute Gasteiger partial charge is 0.305 e. The minimum Gasteiger partial charge on any atom is -0.481 e. The number of likely N-dealkylation sites (tertiary alicyclic amines) is 1. The number of carboxylic acids is 2. The van der Waals surface area contributed by atoms with Crippen LogP contribution in [0, 0.1) is 11.8 Å². The van der Waals surface area contributed by atoms with Crippen molar-refractivity contribution in [1.29, 1.82) is 0 Å². The van der Waals surface area contributed by atoms with Crippen LogP contribution < -0.4 is 48.3 Å². The average molecular weight is 1270 g/mol. The number of nitrogens with zero attached hydrogens (tertiary/aromatic N) is 1. The Bertz CT molecular complexity index is 2730. The third kappa shape index (κ3) is 24.9. The molecular formula is C59H86N10O19S. The molecule has 0 spiro atoms. The number of carbonyl (C=O) groups is 12. The Labute approximate surface area is 519 Å². The third-order valence-corrected chi connectivity index (χ3v) is 15.9. The number of ether oxygens (including phenoxy) is 1. The van der Waals surface area contributed by atoms with E-state index in [9.17, 15) is 88.2 Å². The van der Waals surface area contributed by atoms with E-state index in [2.05, 4.69) is 42.5 Å². The maximum atomic E-state index is 14.8. The molecule has 2 fully saturated rings. The first-order valence-corrected chi connectivity index (χ1v) is 30.6. The lowest BCUT2D eigenvalue weighted by atomic mass is 9.97. The Morgan fingerprint density at radius 3 is 1.85 bits per heavy atom. The zero-order valence-electron chi connectivity index (χ0n) is 50.3. The van der Waals surface area contributed by atoms with E-state index in [0.29, 0.717) is 30.4 Å². The summed E-state index contributed by atoms with van der Waals surface area (Å²) in [5.74, 6) is -12.1. The molecule has 492 valence electrons. The number of benzene rings is 2. The van der Waals surface area contributed by atoms with E-state index in [1.165, 1.54) is 0 Å². The first kappa shape index (κ1) is 74.2. The molecule has 4 rings (SSSR count). The van der Waals surface area contributed by atoms with Gasteiger partial charge in [-0.25, -0.2) is 0 Å². The highest BCUT2D eigenvalue weighted by Gasteiger charge is 2.44. The summed E-state index contributed by atoms with van der Waals surface area (Å²) in [4.78, 5) is 163. The molecule has 30 heteroatoms. The van der Waals surface area contributed by atoms with Crippen molar-refractivity contribution in [2.75, 3.05) is 32.0 Å². The highest BCUT2D eigenvalue weighted by molar-refractivity contribution is 8.00. The number of aliphatic hydroxyl groups is 4. The number of Topliss-reactive ketones (excluding diaryl/α,β-unsaturated/α-hetero) is 2. The lowest BCUT2D eigenvalue weighted by Crippen LogP contribution is -2.65. The molecule has 16 N–H and O–H groups in total. The van der Waals surface area contributed by atoms with Crippen molar-refractivity contribution in [3.63, 3.8) is 0 Å². The number of unbranched alkanes of at least 4 members (excludes halogenated alkanes) is 2. The minimum atomic E-state index is -1.98. The Hall–Kier alpha value is -7.29. The fraction of sp³-hybridized carbons (Fsp3) is 0.593. The molecule has 89 heavy (non-hydrogen) atoms. The Kier molecular flexibility index (Phi) is 31.4. The standard InChI is InChI=1S/C59H86N10O19S/c1-32(2)25-33(3)53(81)63-37(20-21-46(75)76)54(82)65-39(28-47(77)78)56(84)67-51(41(72)19-11-12-22-60)66-52(42(73)27-36-17-9-6-10-18-36)68-55(83)38(26-35-15-7-5-8-16-35)64-57(85)40(62-34(4)71)31-89-44-29-45(74)69(58(44)86)24-14-13-23-61-48-50(80)49(79)43(30-70)88-59(48)87/h5-10,15-18,32-33,37-40,43-44,48-52,59,61,66,70,79-80,87H,11-14,19-31,60H2,1-4H3,(H,62,71)(H,63,81)(H,64,85)(H,65,82)(H,67,84)(H,68,83)(H,75,76)(H,77,78)/t33?,37?,38?,39?,40?,43-,44?,48-,49-,50-,51?,52?,59?/m1/s1. The molecule has 2 aliphatic heterocycles. The van der Waals surface area contributed by atoms with Crippen molar-refractivity contribution in [3.8, 4) is 0 Å². The molecule has 0 bridgehead atoms. The quantitative estimate of drug-likeness (QED) is 0.0182. The predicted octanol–water partition coefficient (Wildman–Crippen LogP) is -2.78. The Morgan fingerprint density at radius 2 is 1.26 bits per heavy atom. The second kappa shape index (κ2) is 37.6. The predicted molar refractivity (Wildman–Crippen MR) is 320 cm³/mol. The molecule has 29 nitrogen and oxygen atoms in total. The van der Waals surface area contributed by atoms with Crippen molar-refractivity contribution in [2.45, 2.75) is 177 Å². The maximum absolute atomic E-state index is 14.8. The summed E-state index contributed by atoms with van der Waals surface area (Å²) in [6.45, 7) is 6.14. The number of nitrogens with one attached hydrogen (secondary N) is 8. The monoisotopic (exact) mass is 1270 g/mol. The lowest BCUT2D eigenvalue weighted by Gasteiger charge is -2.40. The van der Waals surface area contributed by atoms with Gasteiger partial charge in [0.2, 0.25) is 47.3 Å². The third-order valence-electron chi connectivity index (χ3n) is 14.6. The van der Waals surface area contributed by atoms with Crippen LogP contribution in [0.5, 0.6) is 0 Å². The van der Waals surface area contributed by atoms with E-state index in [0.717, 1.165) is 23.6 Å². The largest absolute Gasteiger partial charge is 0.481 e. The van der Waals surface area contributed by atoms with E-state index < -0.39 is 181 Å².